The van der Waals surface area contributed by atoms with E-state index in [1.807, 2.05) is 24.3 Å². The molecule has 2 aromatic rings. The average molecular weight is 403 g/mol. The summed E-state index contributed by atoms with van der Waals surface area (Å²) >= 11 is 1.35. The molecule has 3 atom stereocenters. The second kappa shape index (κ2) is 9.19. The summed E-state index contributed by atoms with van der Waals surface area (Å²) in [5.41, 5.74) is 1.10. The Labute approximate surface area is 169 Å². The standard InChI is InChI=1S/C21H26N2O4S/c1-13-5-4-6-17(14(13)2)22-19(24)11-27-21(25)18-12-28-20(23-18)15-7-9-16(26-3)10-8-15/h7-10,12-14,17H,4-6,11H2,1-3H3,(H,22,24)/t13-,14+,17+/m0/s1. The summed E-state index contributed by atoms with van der Waals surface area (Å²) in [6.45, 7) is 4.09. The minimum absolute atomic E-state index is 0.149. The summed E-state index contributed by atoms with van der Waals surface area (Å²) in [5.74, 6) is 0.931. The third kappa shape index (κ3) is 4.90. The number of ether oxygens (including phenoxy) is 2. The molecule has 1 N–H and O–H groups in total. The average Bonchev–Trinajstić information content (AvgIpc) is 3.20. The minimum atomic E-state index is -0.587. The smallest absolute Gasteiger partial charge is 0.358 e. The largest absolute Gasteiger partial charge is 0.497 e. The molecule has 1 aliphatic rings. The van der Waals surface area contributed by atoms with E-state index >= 15 is 0 Å². The molecule has 0 unspecified atom stereocenters. The van der Waals surface area contributed by atoms with Crippen LogP contribution in [0.5, 0.6) is 5.75 Å². The molecule has 1 fully saturated rings. The van der Waals surface area contributed by atoms with Gasteiger partial charge in [0.15, 0.2) is 12.3 Å². The Bertz CT molecular complexity index is 818. The number of methoxy groups -OCH3 is 1. The molecule has 1 amide bonds. The molecule has 28 heavy (non-hydrogen) atoms. The molecule has 3 rings (SSSR count). The van der Waals surface area contributed by atoms with Crippen molar-refractivity contribution >= 4 is 23.2 Å². The second-order valence-electron chi connectivity index (χ2n) is 7.28. The number of rotatable bonds is 6. The highest BCUT2D eigenvalue weighted by Crippen LogP contribution is 2.29. The highest BCUT2D eigenvalue weighted by atomic mass is 32.1. The van der Waals surface area contributed by atoms with Gasteiger partial charge in [-0.2, -0.15) is 0 Å². The van der Waals surface area contributed by atoms with Gasteiger partial charge in [-0.1, -0.05) is 26.7 Å². The molecule has 1 heterocycles. The summed E-state index contributed by atoms with van der Waals surface area (Å²) in [7, 11) is 1.61. The molecule has 150 valence electrons. The van der Waals surface area contributed by atoms with E-state index in [0.29, 0.717) is 16.8 Å². The van der Waals surface area contributed by atoms with E-state index in [2.05, 4.69) is 24.1 Å². The SMILES string of the molecule is COc1ccc(-c2nc(C(=O)OCC(=O)N[C@@H]3CCC[C@H](C)[C@H]3C)cs2)cc1. The summed E-state index contributed by atoms with van der Waals surface area (Å²) in [5, 5.41) is 5.36. The number of nitrogens with one attached hydrogen (secondary N) is 1. The first-order valence-electron chi connectivity index (χ1n) is 9.54. The molecule has 1 aromatic heterocycles. The van der Waals surface area contributed by atoms with Gasteiger partial charge in [0.2, 0.25) is 0 Å². The van der Waals surface area contributed by atoms with Gasteiger partial charge in [-0.15, -0.1) is 11.3 Å². The van der Waals surface area contributed by atoms with Crippen LogP contribution in [0.3, 0.4) is 0 Å². The van der Waals surface area contributed by atoms with Gasteiger partial charge in [0.25, 0.3) is 5.91 Å². The van der Waals surface area contributed by atoms with Crippen molar-refractivity contribution in [3.8, 4) is 16.3 Å². The Morgan fingerprint density at radius 1 is 1.21 bits per heavy atom. The predicted molar refractivity (Wildman–Crippen MR) is 108 cm³/mol. The number of carbonyl (C=O) groups excluding carboxylic acids is 2. The van der Waals surface area contributed by atoms with Gasteiger partial charge in [0.05, 0.1) is 7.11 Å². The van der Waals surface area contributed by atoms with Crippen LogP contribution in [0.2, 0.25) is 0 Å². The zero-order chi connectivity index (χ0) is 20.1. The number of carbonyl (C=O) groups is 2. The molecular formula is C21H26N2O4S. The van der Waals surface area contributed by atoms with Crippen molar-refractivity contribution in [3.05, 3.63) is 35.3 Å². The molecule has 0 radical (unpaired) electrons. The molecular weight excluding hydrogens is 376 g/mol. The first kappa shape index (κ1) is 20.3. The lowest BCUT2D eigenvalue weighted by molar-refractivity contribution is -0.125. The highest BCUT2D eigenvalue weighted by molar-refractivity contribution is 7.13. The van der Waals surface area contributed by atoms with E-state index in [-0.39, 0.29) is 24.2 Å². The number of benzene rings is 1. The number of nitrogens with zero attached hydrogens (tertiary/aromatic N) is 1. The first-order valence-corrected chi connectivity index (χ1v) is 10.4. The van der Waals surface area contributed by atoms with Crippen LogP contribution in [0.15, 0.2) is 29.6 Å². The van der Waals surface area contributed by atoms with E-state index in [1.54, 1.807) is 12.5 Å². The van der Waals surface area contributed by atoms with Crippen LogP contribution >= 0.6 is 11.3 Å². The maximum absolute atomic E-state index is 12.2. The molecule has 1 aromatic carbocycles. The first-order chi connectivity index (χ1) is 13.5. The molecule has 0 spiro atoms. The van der Waals surface area contributed by atoms with Crippen molar-refractivity contribution in [2.45, 2.75) is 39.2 Å². The molecule has 0 saturated heterocycles. The number of amides is 1. The van der Waals surface area contributed by atoms with Crippen LogP contribution in [0.4, 0.5) is 0 Å². The van der Waals surface area contributed by atoms with Crippen molar-refractivity contribution in [1.29, 1.82) is 0 Å². The van der Waals surface area contributed by atoms with E-state index in [0.717, 1.165) is 24.2 Å². The third-order valence-corrected chi connectivity index (χ3v) is 6.33. The van der Waals surface area contributed by atoms with Gasteiger partial charge >= 0.3 is 5.97 Å². The highest BCUT2D eigenvalue weighted by Gasteiger charge is 2.28. The topological polar surface area (TPSA) is 77.5 Å². The third-order valence-electron chi connectivity index (χ3n) is 5.44. The van der Waals surface area contributed by atoms with E-state index in [9.17, 15) is 9.59 Å². The Morgan fingerprint density at radius 3 is 2.68 bits per heavy atom. The summed E-state index contributed by atoms with van der Waals surface area (Å²) in [4.78, 5) is 28.7. The Morgan fingerprint density at radius 2 is 1.96 bits per heavy atom. The fourth-order valence-corrected chi connectivity index (χ4v) is 4.27. The second-order valence-corrected chi connectivity index (χ2v) is 8.14. The number of esters is 1. The number of hydrogen-bond donors (Lipinski definition) is 1. The van der Waals surface area contributed by atoms with Gasteiger partial charge in [-0.05, 0) is 42.5 Å². The molecule has 0 bridgehead atoms. The summed E-state index contributed by atoms with van der Waals surface area (Å²) in [6.07, 6.45) is 3.29. The summed E-state index contributed by atoms with van der Waals surface area (Å²) in [6, 6.07) is 7.59. The molecule has 0 aliphatic heterocycles. The zero-order valence-corrected chi connectivity index (χ0v) is 17.3. The zero-order valence-electron chi connectivity index (χ0n) is 16.4. The maximum atomic E-state index is 12.2. The van der Waals surface area contributed by atoms with Gasteiger partial charge in [-0.3, -0.25) is 4.79 Å². The fraction of sp³-hybridized carbons (Fsp3) is 0.476. The Hall–Kier alpha value is -2.41. The monoisotopic (exact) mass is 402 g/mol. The molecule has 7 heteroatoms. The van der Waals surface area contributed by atoms with Crippen molar-refractivity contribution < 1.29 is 19.1 Å². The number of aromatic nitrogens is 1. The predicted octanol–water partition coefficient (Wildman–Crippen LogP) is 3.92. The normalized spacial score (nSPS) is 21.8. The number of thiazole rings is 1. The van der Waals surface area contributed by atoms with Gasteiger partial charge < -0.3 is 14.8 Å². The van der Waals surface area contributed by atoms with Crippen LogP contribution in [-0.4, -0.2) is 36.6 Å². The van der Waals surface area contributed by atoms with Crippen LogP contribution in [0.1, 0.15) is 43.6 Å². The lowest BCUT2D eigenvalue weighted by atomic mass is 9.78. The van der Waals surface area contributed by atoms with Crippen LogP contribution in [0.25, 0.3) is 10.6 Å². The lowest BCUT2D eigenvalue weighted by Gasteiger charge is -2.34. The van der Waals surface area contributed by atoms with Crippen LogP contribution in [0, 0.1) is 11.8 Å². The summed E-state index contributed by atoms with van der Waals surface area (Å²) < 4.78 is 10.3. The van der Waals surface area contributed by atoms with Crippen LogP contribution in [-0.2, 0) is 9.53 Å². The maximum Gasteiger partial charge on any atom is 0.358 e. The molecule has 1 saturated carbocycles. The van der Waals surface area contributed by atoms with Crippen molar-refractivity contribution in [1.82, 2.24) is 10.3 Å². The number of hydrogen-bond acceptors (Lipinski definition) is 6. The van der Waals surface area contributed by atoms with Crippen molar-refractivity contribution in [3.63, 3.8) is 0 Å². The van der Waals surface area contributed by atoms with E-state index in [1.165, 1.54) is 17.8 Å². The quantitative estimate of drug-likeness (QED) is 0.741. The van der Waals surface area contributed by atoms with Crippen molar-refractivity contribution in [2.75, 3.05) is 13.7 Å². The van der Waals surface area contributed by atoms with Crippen LogP contribution < -0.4 is 10.1 Å². The van der Waals surface area contributed by atoms with E-state index in [4.69, 9.17) is 9.47 Å². The van der Waals surface area contributed by atoms with Gasteiger partial charge in [0.1, 0.15) is 10.8 Å². The fourth-order valence-electron chi connectivity index (χ4n) is 3.47. The van der Waals surface area contributed by atoms with Crippen molar-refractivity contribution in [2.24, 2.45) is 11.8 Å². The van der Waals surface area contributed by atoms with Gasteiger partial charge in [0, 0.05) is 17.0 Å². The lowest BCUT2D eigenvalue weighted by Crippen LogP contribution is -2.45. The molecule has 6 nitrogen and oxygen atoms in total. The van der Waals surface area contributed by atoms with Gasteiger partial charge in [-0.25, -0.2) is 9.78 Å². The minimum Gasteiger partial charge on any atom is -0.497 e. The Balaban J connectivity index is 1.52. The molecule has 1 aliphatic carbocycles. The van der Waals surface area contributed by atoms with E-state index < -0.39 is 5.97 Å². The Kier molecular flexibility index (Phi) is 6.67.